The number of benzene rings is 1. The number of methoxy groups -OCH3 is 1. The Bertz CT molecular complexity index is 706. The van der Waals surface area contributed by atoms with Crippen LogP contribution in [0.4, 0.5) is 4.79 Å². The predicted molar refractivity (Wildman–Crippen MR) is 114 cm³/mol. The number of likely N-dealkylation sites (tertiary alicyclic amines) is 1. The number of β-amino-alcohol motifs (C(OH)–C–C–N with tert-alkyl or cyclic N) is 1. The van der Waals surface area contributed by atoms with Crippen LogP contribution in [0.2, 0.25) is 0 Å². The van der Waals surface area contributed by atoms with Gasteiger partial charge in [0.15, 0.2) is 0 Å². The lowest BCUT2D eigenvalue weighted by molar-refractivity contribution is -0.147. The largest absolute Gasteiger partial charge is 0.491 e. The second-order valence-corrected chi connectivity index (χ2v) is 7.99. The number of carbonyl (C=O) groups excluding carboxylic acids is 2. The van der Waals surface area contributed by atoms with Gasteiger partial charge in [-0.15, -0.1) is 0 Å². The van der Waals surface area contributed by atoms with Crippen LogP contribution in [0.15, 0.2) is 24.3 Å². The molecule has 2 aliphatic rings. The molecule has 1 unspecified atom stereocenters. The first kappa shape index (κ1) is 23.3. The maximum atomic E-state index is 11.6. The van der Waals surface area contributed by atoms with Gasteiger partial charge in [0.1, 0.15) is 25.1 Å². The summed E-state index contributed by atoms with van der Waals surface area (Å²) in [6, 6.07) is 7.75. The van der Waals surface area contributed by atoms with Crippen LogP contribution in [0, 0.1) is 5.92 Å². The van der Waals surface area contributed by atoms with Gasteiger partial charge in [0.05, 0.1) is 19.6 Å². The van der Waals surface area contributed by atoms with E-state index in [9.17, 15) is 14.7 Å². The van der Waals surface area contributed by atoms with Gasteiger partial charge >= 0.3 is 12.1 Å². The zero-order valence-electron chi connectivity index (χ0n) is 18.1. The SMILES string of the molecule is COC(=O)C1CCN(CC(O)COc2ccc(CNCCN3CCOC3=O)cc2)CC1. The molecule has 0 bridgehead atoms. The first-order valence-corrected chi connectivity index (χ1v) is 10.9. The molecule has 3 rings (SSSR count). The van der Waals surface area contributed by atoms with Gasteiger partial charge in [-0.1, -0.05) is 12.1 Å². The third-order valence-corrected chi connectivity index (χ3v) is 5.69. The Kier molecular flexibility index (Phi) is 8.93. The second-order valence-electron chi connectivity index (χ2n) is 7.99. The van der Waals surface area contributed by atoms with Crippen LogP contribution in [-0.2, 0) is 20.8 Å². The molecule has 0 aliphatic carbocycles. The predicted octanol–water partition coefficient (Wildman–Crippen LogP) is 0.853. The maximum Gasteiger partial charge on any atom is 0.409 e. The van der Waals surface area contributed by atoms with Crippen molar-refractivity contribution in [1.29, 1.82) is 0 Å². The van der Waals surface area contributed by atoms with E-state index in [2.05, 4.69) is 10.2 Å². The first-order valence-electron chi connectivity index (χ1n) is 10.9. The highest BCUT2D eigenvalue weighted by Crippen LogP contribution is 2.19. The molecule has 1 aromatic rings. The van der Waals surface area contributed by atoms with Crippen LogP contribution in [0.1, 0.15) is 18.4 Å². The van der Waals surface area contributed by atoms with Crippen molar-refractivity contribution in [2.24, 2.45) is 5.92 Å². The van der Waals surface area contributed by atoms with Gasteiger partial charge in [0, 0.05) is 26.2 Å². The normalized spacial score (nSPS) is 18.6. The first-order chi connectivity index (χ1) is 15.0. The fourth-order valence-electron chi connectivity index (χ4n) is 3.84. The van der Waals surface area contributed by atoms with Crippen molar-refractivity contribution in [3.8, 4) is 5.75 Å². The Hall–Kier alpha value is -2.36. The fraction of sp³-hybridized carbons (Fsp3) is 0.636. The molecule has 31 heavy (non-hydrogen) atoms. The Morgan fingerprint density at radius 3 is 2.65 bits per heavy atom. The fourth-order valence-corrected chi connectivity index (χ4v) is 3.84. The highest BCUT2D eigenvalue weighted by atomic mass is 16.6. The Morgan fingerprint density at radius 1 is 1.26 bits per heavy atom. The molecular formula is C22H33N3O6. The summed E-state index contributed by atoms with van der Waals surface area (Å²) in [6.07, 6.45) is 0.694. The minimum Gasteiger partial charge on any atom is -0.491 e. The van der Waals surface area contributed by atoms with Crippen molar-refractivity contribution < 1.29 is 28.9 Å². The van der Waals surface area contributed by atoms with Crippen LogP contribution in [0.5, 0.6) is 5.75 Å². The second kappa shape index (κ2) is 11.9. The minimum absolute atomic E-state index is 0.0284. The number of carbonyl (C=O) groups is 2. The highest BCUT2D eigenvalue weighted by Gasteiger charge is 2.26. The van der Waals surface area contributed by atoms with E-state index in [0.29, 0.717) is 45.1 Å². The van der Waals surface area contributed by atoms with Crippen LogP contribution >= 0.6 is 0 Å². The van der Waals surface area contributed by atoms with E-state index in [4.69, 9.17) is 14.2 Å². The number of aliphatic hydroxyl groups excluding tert-OH is 1. The quantitative estimate of drug-likeness (QED) is 0.390. The Morgan fingerprint density at radius 2 is 2.00 bits per heavy atom. The van der Waals surface area contributed by atoms with Gasteiger partial charge < -0.3 is 34.4 Å². The summed E-state index contributed by atoms with van der Waals surface area (Å²) in [7, 11) is 1.42. The zero-order chi connectivity index (χ0) is 22.1. The summed E-state index contributed by atoms with van der Waals surface area (Å²) in [5.41, 5.74) is 1.12. The van der Waals surface area contributed by atoms with Crippen LogP contribution in [0.25, 0.3) is 0 Å². The third kappa shape index (κ3) is 7.37. The van der Waals surface area contributed by atoms with Crippen LogP contribution in [0.3, 0.4) is 0 Å². The average molecular weight is 436 g/mol. The number of nitrogens with one attached hydrogen (secondary N) is 1. The summed E-state index contributed by atoms with van der Waals surface area (Å²) in [5, 5.41) is 13.6. The number of piperidine rings is 1. The standard InChI is InChI=1S/C22H33N3O6/c1-29-21(27)18-6-9-24(10-7-18)15-19(26)16-31-20-4-2-17(3-5-20)14-23-8-11-25-12-13-30-22(25)28/h2-5,18-19,23,26H,6-16H2,1H3. The minimum atomic E-state index is -0.590. The molecule has 0 spiro atoms. The number of aliphatic hydroxyl groups is 1. The number of cyclic esters (lactones) is 1. The highest BCUT2D eigenvalue weighted by molar-refractivity contribution is 5.72. The zero-order valence-corrected chi connectivity index (χ0v) is 18.1. The Balaban J connectivity index is 1.29. The molecule has 2 aliphatic heterocycles. The smallest absolute Gasteiger partial charge is 0.409 e. The van der Waals surface area contributed by atoms with Gasteiger partial charge in [-0.25, -0.2) is 4.79 Å². The summed E-state index contributed by atoms with van der Waals surface area (Å²) in [6.45, 7) is 5.48. The van der Waals surface area contributed by atoms with Crippen molar-refractivity contribution >= 4 is 12.1 Å². The molecule has 9 nitrogen and oxygen atoms in total. The van der Waals surface area contributed by atoms with E-state index in [0.717, 1.165) is 31.5 Å². The van der Waals surface area contributed by atoms with Crippen molar-refractivity contribution in [3.05, 3.63) is 29.8 Å². The lowest BCUT2D eigenvalue weighted by Gasteiger charge is -2.31. The molecule has 172 valence electrons. The van der Waals surface area contributed by atoms with E-state index in [1.807, 2.05) is 24.3 Å². The molecule has 2 fully saturated rings. The van der Waals surface area contributed by atoms with Crippen molar-refractivity contribution in [1.82, 2.24) is 15.1 Å². The van der Waals surface area contributed by atoms with E-state index >= 15 is 0 Å². The monoisotopic (exact) mass is 435 g/mol. The van der Waals surface area contributed by atoms with Gasteiger partial charge in [0.2, 0.25) is 0 Å². The molecule has 9 heteroatoms. The number of rotatable bonds is 11. The third-order valence-electron chi connectivity index (χ3n) is 5.69. The number of esters is 1. The Labute approximate surface area is 183 Å². The van der Waals surface area contributed by atoms with Gasteiger partial charge in [0.25, 0.3) is 0 Å². The van der Waals surface area contributed by atoms with Gasteiger partial charge in [-0.3, -0.25) is 4.79 Å². The maximum absolute atomic E-state index is 11.6. The number of hydrogen-bond acceptors (Lipinski definition) is 8. The number of hydrogen-bond donors (Lipinski definition) is 2. The number of ether oxygens (including phenoxy) is 3. The topological polar surface area (TPSA) is 101 Å². The average Bonchev–Trinajstić information content (AvgIpc) is 3.20. The molecule has 1 atom stereocenters. The molecular weight excluding hydrogens is 402 g/mol. The molecule has 0 aromatic heterocycles. The molecule has 1 amide bonds. The van der Waals surface area contributed by atoms with E-state index < -0.39 is 6.10 Å². The van der Waals surface area contributed by atoms with Gasteiger partial charge in [-0.2, -0.15) is 0 Å². The summed E-state index contributed by atoms with van der Waals surface area (Å²) >= 11 is 0. The van der Waals surface area contributed by atoms with Crippen molar-refractivity contribution in [2.75, 3.05) is 59.6 Å². The van der Waals surface area contributed by atoms with Crippen molar-refractivity contribution in [3.63, 3.8) is 0 Å². The molecule has 2 N–H and O–H groups in total. The van der Waals surface area contributed by atoms with Crippen LogP contribution in [-0.4, -0.2) is 92.7 Å². The molecule has 2 heterocycles. The molecule has 2 saturated heterocycles. The molecule has 0 radical (unpaired) electrons. The summed E-state index contributed by atoms with van der Waals surface area (Å²) < 4.78 is 15.4. The van der Waals surface area contributed by atoms with Crippen molar-refractivity contribution in [2.45, 2.75) is 25.5 Å². The lowest BCUT2D eigenvalue weighted by Crippen LogP contribution is -2.42. The van der Waals surface area contributed by atoms with E-state index in [1.165, 1.54) is 7.11 Å². The summed E-state index contributed by atoms with van der Waals surface area (Å²) in [4.78, 5) is 26.8. The molecule has 1 aromatic carbocycles. The number of amides is 1. The van der Waals surface area contributed by atoms with Gasteiger partial charge in [-0.05, 0) is 43.6 Å². The molecule has 0 saturated carbocycles. The van der Waals surface area contributed by atoms with Crippen LogP contribution < -0.4 is 10.1 Å². The number of nitrogens with zero attached hydrogens (tertiary/aromatic N) is 2. The lowest BCUT2D eigenvalue weighted by atomic mass is 9.97. The van der Waals surface area contributed by atoms with E-state index in [1.54, 1.807) is 4.90 Å². The summed E-state index contributed by atoms with van der Waals surface area (Å²) in [5.74, 6) is 0.546. The van der Waals surface area contributed by atoms with E-state index in [-0.39, 0.29) is 24.6 Å².